The lowest BCUT2D eigenvalue weighted by Gasteiger charge is -2.20. The van der Waals surface area contributed by atoms with Crippen LogP contribution in [-0.2, 0) is 5.41 Å². The maximum Gasteiger partial charge on any atom is 0.251 e. The smallest absolute Gasteiger partial charge is 0.251 e. The van der Waals surface area contributed by atoms with Crippen LogP contribution < -0.4 is 10.1 Å². The van der Waals surface area contributed by atoms with Crippen LogP contribution in [0, 0.1) is 0 Å². The van der Waals surface area contributed by atoms with E-state index in [1.807, 2.05) is 19.1 Å². The Balaban J connectivity index is 1.99. The van der Waals surface area contributed by atoms with Gasteiger partial charge in [0.25, 0.3) is 5.91 Å². The lowest BCUT2D eigenvalue weighted by molar-refractivity contribution is 0.0940. The molecule has 0 spiro atoms. The van der Waals surface area contributed by atoms with E-state index in [1.54, 1.807) is 12.1 Å². The number of nitrogens with one attached hydrogen (secondary N) is 1. The molecule has 134 valence electrons. The first kappa shape index (κ1) is 19.0. The van der Waals surface area contributed by atoms with Crippen LogP contribution in [0.15, 0.2) is 48.5 Å². The highest BCUT2D eigenvalue weighted by atomic mass is 16.5. The van der Waals surface area contributed by atoms with Crippen LogP contribution >= 0.6 is 0 Å². The van der Waals surface area contributed by atoms with E-state index in [1.165, 1.54) is 5.56 Å². The van der Waals surface area contributed by atoms with Crippen molar-refractivity contribution in [1.29, 1.82) is 0 Å². The summed E-state index contributed by atoms with van der Waals surface area (Å²) in [6, 6.07) is 15.7. The Labute approximate surface area is 151 Å². The maximum absolute atomic E-state index is 12.4. The minimum absolute atomic E-state index is 0.0439. The van der Waals surface area contributed by atoms with E-state index in [0.717, 1.165) is 17.7 Å². The van der Waals surface area contributed by atoms with Gasteiger partial charge in [-0.3, -0.25) is 4.79 Å². The molecule has 0 aliphatic rings. The zero-order valence-corrected chi connectivity index (χ0v) is 15.9. The summed E-state index contributed by atoms with van der Waals surface area (Å²) in [4.78, 5) is 12.4. The number of amides is 1. The second kappa shape index (κ2) is 8.19. The first-order valence-corrected chi connectivity index (χ1v) is 8.95. The minimum Gasteiger partial charge on any atom is -0.494 e. The Bertz CT molecular complexity index is 681. The molecular formula is C22H29NO2. The van der Waals surface area contributed by atoms with Crippen molar-refractivity contribution in [2.75, 3.05) is 6.61 Å². The Hall–Kier alpha value is -2.29. The quantitative estimate of drug-likeness (QED) is 0.779. The SMILES string of the molecule is CCCOc1ccc(C(=O)N[C@H](C)c2ccc(C(C)(C)C)cc2)cc1. The van der Waals surface area contributed by atoms with E-state index >= 15 is 0 Å². The fraction of sp³-hybridized carbons (Fsp3) is 0.409. The molecule has 0 unspecified atom stereocenters. The standard InChI is InChI=1S/C22H29NO2/c1-6-15-25-20-13-9-18(10-14-20)21(24)23-16(2)17-7-11-19(12-8-17)22(3,4)5/h7-14,16H,6,15H2,1-5H3,(H,23,24)/t16-/m1/s1. The third-order valence-corrected chi connectivity index (χ3v) is 4.21. The van der Waals surface area contributed by atoms with Crippen molar-refractivity contribution < 1.29 is 9.53 Å². The zero-order valence-electron chi connectivity index (χ0n) is 15.9. The lowest BCUT2D eigenvalue weighted by Crippen LogP contribution is -2.26. The Morgan fingerprint density at radius 1 is 1.04 bits per heavy atom. The van der Waals surface area contributed by atoms with Crippen LogP contribution in [0.1, 0.15) is 68.6 Å². The van der Waals surface area contributed by atoms with Gasteiger partial charge in [0.1, 0.15) is 5.75 Å². The highest BCUT2D eigenvalue weighted by Gasteiger charge is 2.15. The summed E-state index contributed by atoms with van der Waals surface area (Å²) in [7, 11) is 0. The monoisotopic (exact) mass is 339 g/mol. The summed E-state index contributed by atoms with van der Waals surface area (Å²) in [5.74, 6) is 0.721. The van der Waals surface area contributed by atoms with Crippen molar-refractivity contribution in [2.45, 2.75) is 52.5 Å². The summed E-state index contributed by atoms with van der Waals surface area (Å²) in [6.45, 7) is 11.3. The summed E-state index contributed by atoms with van der Waals surface area (Å²) in [5, 5.41) is 3.05. The predicted molar refractivity (Wildman–Crippen MR) is 103 cm³/mol. The van der Waals surface area contributed by atoms with Gasteiger partial charge in [-0.1, -0.05) is 52.0 Å². The van der Waals surface area contributed by atoms with E-state index in [0.29, 0.717) is 12.2 Å². The number of hydrogen-bond donors (Lipinski definition) is 1. The highest BCUT2D eigenvalue weighted by Crippen LogP contribution is 2.24. The third kappa shape index (κ3) is 5.35. The van der Waals surface area contributed by atoms with Crippen LogP contribution in [0.25, 0.3) is 0 Å². The summed E-state index contributed by atoms with van der Waals surface area (Å²) in [5.41, 5.74) is 3.16. The van der Waals surface area contributed by atoms with Crippen molar-refractivity contribution in [3.63, 3.8) is 0 Å². The van der Waals surface area contributed by atoms with E-state index in [9.17, 15) is 4.79 Å². The van der Waals surface area contributed by atoms with E-state index < -0.39 is 0 Å². The average Bonchev–Trinajstić information content (AvgIpc) is 2.59. The molecule has 0 bridgehead atoms. The van der Waals surface area contributed by atoms with Crippen LogP contribution in [-0.4, -0.2) is 12.5 Å². The Morgan fingerprint density at radius 2 is 1.64 bits per heavy atom. The van der Waals surface area contributed by atoms with Gasteiger partial charge in [-0.2, -0.15) is 0 Å². The molecule has 2 aromatic rings. The molecular weight excluding hydrogens is 310 g/mol. The molecule has 3 heteroatoms. The number of rotatable bonds is 6. The molecule has 25 heavy (non-hydrogen) atoms. The molecule has 2 rings (SSSR count). The number of benzene rings is 2. The summed E-state index contributed by atoms with van der Waals surface area (Å²) < 4.78 is 5.55. The molecule has 0 saturated heterocycles. The molecule has 0 saturated carbocycles. The van der Waals surface area contributed by atoms with Crippen LogP contribution in [0.5, 0.6) is 5.75 Å². The van der Waals surface area contributed by atoms with Gasteiger partial charge >= 0.3 is 0 Å². The molecule has 1 N–H and O–H groups in total. The molecule has 0 aliphatic heterocycles. The van der Waals surface area contributed by atoms with Gasteiger partial charge < -0.3 is 10.1 Å². The lowest BCUT2D eigenvalue weighted by atomic mass is 9.86. The topological polar surface area (TPSA) is 38.3 Å². The molecule has 1 atom stereocenters. The van der Waals surface area contributed by atoms with Crippen molar-refractivity contribution in [1.82, 2.24) is 5.32 Å². The fourth-order valence-corrected chi connectivity index (χ4v) is 2.56. The van der Waals surface area contributed by atoms with Gasteiger partial charge in [-0.25, -0.2) is 0 Å². The van der Waals surface area contributed by atoms with Crippen LogP contribution in [0.2, 0.25) is 0 Å². The third-order valence-electron chi connectivity index (χ3n) is 4.21. The van der Waals surface area contributed by atoms with E-state index in [4.69, 9.17) is 4.74 Å². The fourth-order valence-electron chi connectivity index (χ4n) is 2.56. The second-order valence-electron chi connectivity index (χ2n) is 7.44. The van der Waals surface area contributed by atoms with E-state index in [2.05, 4.69) is 57.3 Å². The van der Waals surface area contributed by atoms with E-state index in [-0.39, 0.29) is 17.4 Å². The minimum atomic E-state index is -0.0746. The van der Waals surface area contributed by atoms with Gasteiger partial charge in [0, 0.05) is 5.56 Å². The van der Waals surface area contributed by atoms with Crippen molar-refractivity contribution in [2.24, 2.45) is 0 Å². The largest absolute Gasteiger partial charge is 0.494 e. The van der Waals surface area contributed by atoms with Crippen LogP contribution in [0.4, 0.5) is 0 Å². The van der Waals surface area contributed by atoms with Gasteiger partial charge in [0.05, 0.1) is 12.6 Å². The molecule has 1 amide bonds. The van der Waals surface area contributed by atoms with Gasteiger partial charge in [-0.15, -0.1) is 0 Å². The Kier molecular flexibility index (Phi) is 6.24. The van der Waals surface area contributed by atoms with Crippen molar-refractivity contribution >= 4 is 5.91 Å². The molecule has 0 fully saturated rings. The molecule has 3 nitrogen and oxygen atoms in total. The summed E-state index contributed by atoms with van der Waals surface area (Å²) >= 11 is 0. The van der Waals surface area contributed by atoms with Gasteiger partial charge in [-0.05, 0) is 54.2 Å². The zero-order chi connectivity index (χ0) is 18.4. The predicted octanol–water partition coefficient (Wildman–Crippen LogP) is 5.26. The van der Waals surface area contributed by atoms with Crippen LogP contribution in [0.3, 0.4) is 0 Å². The van der Waals surface area contributed by atoms with Gasteiger partial charge in [0.2, 0.25) is 0 Å². The molecule has 0 heterocycles. The molecule has 0 aromatic heterocycles. The molecule has 0 radical (unpaired) electrons. The highest BCUT2D eigenvalue weighted by molar-refractivity contribution is 5.94. The second-order valence-corrected chi connectivity index (χ2v) is 7.44. The van der Waals surface area contributed by atoms with Crippen molar-refractivity contribution in [3.05, 3.63) is 65.2 Å². The molecule has 0 aliphatic carbocycles. The number of carbonyl (C=O) groups excluding carboxylic acids is 1. The number of carbonyl (C=O) groups is 1. The molecule has 2 aromatic carbocycles. The van der Waals surface area contributed by atoms with Crippen molar-refractivity contribution in [3.8, 4) is 5.75 Å². The van der Waals surface area contributed by atoms with Gasteiger partial charge in [0.15, 0.2) is 0 Å². The number of hydrogen-bond acceptors (Lipinski definition) is 2. The average molecular weight is 339 g/mol. The first-order valence-electron chi connectivity index (χ1n) is 8.95. The normalized spacial score (nSPS) is 12.5. The first-order chi connectivity index (χ1) is 11.8. The Morgan fingerprint density at radius 3 is 2.16 bits per heavy atom. The maximum atomic E-state index is 12.4. The number of ether oxygens (including phenoxy) is 1. The summed E-state index contributed by atoms with van der Waals surface area (Å²) in [6.07, 6.45) is 0.966.